The molecule has 114 valence electrons. The van der Waals surface area contributed by atoms with Crippen molar-refractivity contribution >= 4 is 11.7 Å². The normalized spacial score (nSPS) is 17.0. The predicted molar refractivity (Wildman–Crippen MR) is 82.2 cm³/mol. The maximum atomic E-state index is 12.6. The van der Waals surface area contributed by atoms with E-state index in [1.54, 1.807) is 0 Å². The van der Waals surface area contributed by atoms with Crippen LogP contribution in [0, 0.1) is 5.92 Å². The van der Waals surface area contributed by atoms with Crippen molar-refractivity contribution in [3.8, 4) is 0 Å². The Balaban J connectivity index is 2.10. The Kier molecular flexibility index (Phi) is 5.20. The van der Waals surface area contributed by atoms with Crippen LogP contribution in [0.4, 0.5) is 0 Å². The van der Waals surface area contributed by atoms with Crippen LogP contribution in [0.15, 0.2) is 29.4 Å². The van der Waals surface area contributed by atoms with Crippen LogP contribution in [0.1, 0.15) is 30.9 Å². The summed E-state index contributed by atoms with van der Waals surface area (Å²) in [7, 11) is 0. The first-order chi connectivity index (χ1) is 10.2. The summed E-state index contributed by atoms with van der Waals surface area (Å²) in [5.74, 6) is -0.523. The molecule has 1 atom stereocenters. The fourth-order valence-electron chi connectivity index (χ4n) is 2.86. The zero-order valence-corrected chi connectivity index (χ0v) is 12.5. The Bertz CT molecular complexity index is 501. The van der Waals surface area contributed by atoms with Gasteiger partial charge in [0, 0.05) is 13.1 Å². The van der Waals surface area contributed by atoms with Gasteiger partial charge in [0.1, 0.15) is 0 Å². The molecule has 1 aromatic carbocycles. The van der Waals surface area contributed by atoms with E-state index in [4.69, 9.17) is 10.9 Å². The van der Waals surface area contributed by atoms with Crippen LogP contribution >= 0.6 is 0 Å². The van der Waals surface area contributed by atoms with Crippen LogP contribution < -0.4 is 5.73 Å². The second-order valence-electron chi connectivity index (χ2n) is 5.46. The molecule has 0 aliphatic carbocycles. The summed E-state index contributed by atoms with van der Waals surface area (Å²) in [6.45, 7) is 3.37. The molecule has 21 heavy (non-hydrogen) atoms. The minimum atomic E-state index is -0.513. The van der Waals surface area contributed by atoms with Crippen LogP contribution in [0.3, 0.4) is 0 Å². The lowest BCUT2D eigenvalue weighted by molar-refractivity contribution is -0.133. The quantitative estimate of drug-likeness (QED) is 0.384. The third kappa shape index (κ3) is 3.54. The first-order valence-electron chi connectivity index (χ1n) is 7.50. The van der Waals surface area contributed by atoms with E-state index in [0.29, 0.717) is 19.5 Å². The molecule has 1 amide bonds. The lowest BCUT2D eigenvalue weighted by Gasteiger charge is -2.25. The first-order valence-corrected chi connectivity index (χ1v) is 7.50. The highest BCUT2D eigenvalue weighted by Crippen LogP contribution is 2.18. The van der Waals surface area contributed by atoms with Gasteiger partial charge >= 0.3 is 0 Å². The molecule has 1 aliphatic heterocycles. The number of fused-ring (bicyclic) bond motifs is 1. The molecule has 0 saturated heterocycles. The second kappa shape index (κ2) is 7.11. The van der Waals surface area contributed by atoms with Gasteiger partial charge < -0.3 is 15.8 Å². The number of rotatable bonds is 4. The highest BCUT2D eigenvalue weighted by molar-refractivity contribution is 6.02. The molecule has 1 heterocycles. The van der Waals surface area contributed by atoms with Gasteiger partial charge in [-0.15, -0.1) is 0 Å². The summed E-state index contributed by atoms with van der Waals surface area (Å²) >= 11 is 0. The number of nitrogens with zero attached hydrogens (tertiary/aromatic N) is 2. The molecule has 1 aliphatic rings. The van der Waals surface area contributed by atoms with E-state index in [9.17, 15) is 4.79 Å². The summed E-state index contributed by atoms with van der Waals surface area (Å²) in [5, 5.41) is 11.9. The predicted octanol–water partition coefficient (Wildman–Crippen LogP) is 1.78. The average Bonchev–Trinajstić information content (AvgIpc) is 2.74. The smallest absolute Gasteiger partial charge is 0.233 e. The van der Waals surface area contributed by atoms with Crippen LogP contribution in [-0.2, 0) is 17.6 Å². The largest absolute Gasteiger partial charge is 0.409 e. The average molecular weight is 289 g/mol. The number of hydrogen-bond acceptors (Lipinski definition) is 3. The molecule has 0 fully saturated rings. The van der Waals surface area contributed by atoms with E-state index in [1.807, 2.05) is 24.0 Å². The van der Waals surface area contributed by atoms with Crippen LogP contribution in [0.25, 0.3) is 0 Å². The lowest BCUT2D eigenvalue weighted by atomic mass is 10.0. The standard InChI is InChI=1S/C16H23N3O2/c1-2-5-14(15(17)18-21)16(20)19-10-8-12-6-3-4-7-13(12)9-11-19/h3-4,6-7,14,21H,2,5,8-11H2,1H3,(H2,17,18). The fraction of sp³-hybridized carbons (Fsp3) is 0.500. The third-order valence-corrected chi connectivity index (χ3v) is 4.08. The molecule has 0 saturated carbocycles. The van der Waals surface area contributed by atoms with Gasteiger partial charge in [-0.2, -0.15) is 0 Å². The number of carbonyl (C=O) groups is 1. The van der Waals surface area contributed by atoms with Crippen LogP contribution in [0.5, 0.6) is 0 Å². The monoisotopic (exact) mass is 289 g/mol. The van der Waals surface area contributed by atoms with Crippen molar-refractivity contribution in [3.63, 3.8) is 0 Å². The van der Waals surface area contributed by atoms with Gasteiger partial charge in [-0.05, 0) is 30.4 Å². The molecule has 0 radical (unpaired) electrons. The van der Waals surface area contributed by atoms with Gasteiger partial charge in [0.25, 0.3) is 0 Å². The highest BCUT2D eigenvalue weighted by Gasteiger charge is 2.28. The number of benzene rings is 1. The topological polar surface area (TPSA) is 78.9 Å². The van der Waals surface area contributed by atoms with E-state index in [1.165, 1.54) is 11.1 Å². The van der Waals surface area contributed by atoms with Crippen molar-refractivity contribution in [3.05, 3.63) is 35.4 Å². The van der Waals surface area contributed by atoms with Crippen molar-refractivity contribution < 1.29 is 10.0 Å². The third-order valence-electron chi connectivity index (χ3n) is 4.08. The van der Waals surface area contributed by atoms with E-state index in [-0.39, 0.29) is 11.7 Å². The molecule has 2 rings (SSSR count). The highest BCUT2D eigenvalue weighted by atomic mass is 16.4. The Morgan fingerprint density at radius 1 is 1.33 bits per heavy atom. The molecular weight excluding hydrogens is 266 g/mol. The number of nitrogens with two attached hydrogens (primary N) is 1. The minimum absolute atomic E-state index is 0.0172. The van der Waals surface area contributed by atoms with Crippen LogP contribution in [0.2, 0.25) is 0 Å². The molecule has 3 N–H and O–H groups in total. The fourth-order valence-corrected chi connectivity index (χ4v) is 2.86. The summed E-state index contributed by atoms with van der Waals surface area (Å²) in [6.07, 6.45) is 3.15. The molecule has 1 aromatic rings. The SMILES string of the molecule is CCCC(C(=O)N1CCc2ccccc2CC1)C(N)=NO. The number of amidine groups is 1. The Morgan fingerprint density at radius 3 is 2.38 bits per heavy atom. The summed E-state index contributed by atoms with van der Waals surface area (Å²) in [6, 6.07) is 8.31. The van der Waals surface area contributed by atoms with Gasteiger partial charge in [-0.1, -0.05) is 42.8 Å². The Labute approximate surface area is 125 Å². The summed E-state index contributed by atoms with van der Waals surface area (Å²) in [5.41, 5.74) is 8.30. The van der Waals surface area contributed by atoms with E-state index < -0.39 is 5.92 Å². The number of amides is 1. The second-order valence-corrected chi connectivity index (χ2v) is 5.46. The molecule has 5 heteroatoms. The minimum Gasteiger partial charge on any atom is -0.409 e. The Morgan fingerprint density at radius 2 is 1.90 bits per heavy atom. The van der Waals surface area contributed by atoms with Crippen molar-refractivity contribution in [2.24, 2.45) is 16.8 Å². The van der Waals surface area contributed by atoms with Crippen molar-refractivity contribution in [2.45, 2.75) is 32.6 Å². The van der Waals surface area contributed by atoms with Gasteiger partial charge in [0.2, 0.25) is 5.91 Å². The summed E-state index contributed by atoms with van der Waals surface area (Å²) < 4.78 is 0. The molecule has 0 spiro atoms. The van der Waals surface area contributed by atoms with Gasteiger partial charge in [-0.3, -0.25) is 4.79 Å². The Hall–Kier alpha value is -2.04. The number of oxime groups is 1. The molecule has 0 aromatic heterocycles. The molecule has 0 bridgehead atoms. The van der Waals surface area contributed by atoms with Crippen molar-refractivity contribution in [2.75, 3.05) is 13.1 Å². The van der Waals surface area contributed by atoms with Gasteiger partial charge in [-0.25, -0.2) is 0 Å². The van der Waals surface area contributed by atoms with Gasteiger partial charge in [0.05, 0.1) is 5.92 Å². The van der Waals surface area contributed by atoms with Crippen LogP contribution in [-0.4, -0.2) is 34.9 Å². The first kappa shape index (κ1) is 15.4. The van der Waals surface area contributed by atoms with E-state index in [0.717, 1.165) is 19.3 Å². The van der Waals surface area contributed by atoms with Gasteiger partial charge in [0.15, 0.2) is 5.84 Å². The summed E-state index contributed by atoms with van der Waals surface area (Å²) in [4.78, 5) is 14.5. The molecule has 1 unspecified atom stereocenters. The molecule has 5 nitrogen and oxygen atoms in total. The van der Waals surface area contributed by atoms with E-state index in [2.05, 4.69) is 17.3 Å². The van der Waals surface area contributed by atoms with Crippen molar-refractivity contribution in [1.82, 2.24) is 4.90 Å². The lowest BCUT2D eigenvalue weighted by Crippen LogP contribution is -2.43. The number of hydrogen-bond donors (Lipinski definition) is 2. The zero-order chi connectivity index (χ0) is 15.2. The number of carbonyl (C=O) groups excluding carboxylic acids is 1. The maximum absolute atomic E-state index is 12.6. The zero-order valence-electron chi connectivity index (χ0n) is 12.5. The van der Waals surface area contributed by atoms with E-state index >= 15 is 0 Å². The molecular formula is C16H23N3O2. The maximum Gasteiger partial charge on any atom is 0.233 e. The van der Waals surface area contributed by atoms with Crippen molar-refractivity contribution in [1.29, 1.82) is 0 Å².